The zero-order chi connectivity index (χ0) is 20.6. The number of carbonyl (C=O) groups excluding carboxylic acids is 1. The fourth-order valence-electron chi connectivity index (χ4n) is 3.72. The third-order valence-corrected chi connectivity index (χ3v) is 5.35. The monoisotopic (exact) mass is 412 g/mol. The number of fused-ring (bicyclic) bond motifs is 1. The molecule has 0 aromatic carbocycles. The second-order valence-corrected chi connectivity index (χ2v) is 8.82. The van der Waals surface area contributed by atoms with Crippen molar-refractivity contribution in [1.82, 2.24) is 19.5 Å². The number of aromatic nitrogens is 3. The Kier molecular flexibility index (Phi) is 5.21. The number of ether oxygens (including phenoxy) is 1. The normalized spacial score (nSPS) is 17.5. The van der Waals surface area contributed by atoms with Crippen LogP contribution in [0.3, 0.4) is 0 Å². The lowest BCUT2D eigenvalue weighted by molar-refractivity contribution is 0.0197. The fraction of sp³-hybridized carbons (Fsp3) is 0.409. The summed E-state index contributed by atoms with van der Waals surface area (Å²) in [6, 6.07) is 9.75. The van der Waals surface area contributed by atoms with E-state index in [2.05, 4.69) is 5.10 Å². The highest BCUT2D eigenvalue weighted by Gasteiger charge is 2.30. The summed E-state index contributed by atoms with van der Waals surface area (Å²) in [4.78, 5) is 19.2. The largest absolute Gasteiger partial charge is 0.444 e. The van der Waals surface area contributed by atoms with Gasteiger partial charge < -0.3 is 9.64 Å². The van der Waals surface area contributed by atoms with Crippen LogP contribution in [0, 0.1) is 0 Å². The molecule has 1 saturated heterocycles. The Hall–Kier alpha value is -2.60. The number of nitrogens with zero attached hydrogens (tertiary/aromatic N) is 4. The molecule has 1 amide bonds. The van der Waals surface area contributed by atoms with E-state index >= 15 is 0 Å². The predicted molar refractivity (Wildman–Crippen MR) is 113 cm³/mol. The lowest BCUT2D eigenvalue weighted by atomic mass is 9.94. The maximum atomic E-state index is 12.5. The molecule has 152 valence electrons. The van der Waals surface area contributed by atoms with Crippen molar-refractivity contribution < 1.29 is 9.53 Å². The second kappa shape index (κ2) is 7.67. The number of hydrogen-bond donors (Lipinski definition) is 0. The molecule has 0 aliphatic carbocycles. The summed E-state index contributed by atoms with van der Waals surface area (Å²) in [5, 5.41) is 5.03. The van der Waals surface area contributed by atoms with E-state index in [0.717, 1.165) is 35.3 Å². The number of amides is 1. The lowest BCUT2D eigenvalue weighted by Gasteiger charge is -2.34. The van der Waals surface area contributed by atoms with Gasteiger partial charge in [-0.1, -0.05) is 17.7 Å². The van der Waals surface area contributed by atoms with E-state index in [-0.39, 0.29) is 12.0 Å². The Morgan fingerprint density at radius 1 is 1.24 bits per heavy atom. The molecule has 0 spiro atoms. The van der Waals surface area contributed by atoms with Crippen LogP contribution in [0.25, 0.3) is 16.8 Å². The number of pyridine rings is 2. The van der Waals surface area contributed by atoms with E-state index in [1.54, 1.807) is 4.90 Å². The average molecular weight is 413 g/mol. The minimum Gasteiger partial charge on any atom is -0.444 e. The topological polar surface area (TPSA) is 59.7 Å². The Morgan fingerprint density at radius 2 is 2.07 bits per heavy atom. The SMILES string of the molecule is CC(C)(C)OC(=O)N1CCCC(c2nc(-c3cnn4ccccc34)ccc2Cl)C1. The van der Waals surface area contributed by atoms with E-state index in [4.69, 9.17) is 21.3 Å². The molecule has 0 saturated carbocycles. The number of carbonyl (C=O) groups is 1. The van der Waals surface area contributed by atoms with Crippen molar-refractivity contribution in [1.29, 1.82) is 0 Å². The van der Waals surface area contributed by atoms with Gasteiger partial charge in [0.2, 0.25) is 0 Å². The molecule has 3 aromatic heterocycles. The van der Waals surface area contributed by atoms with E-state index < -0.39 is 5.60 Å². The highest BCUT2D eigenvalue weighted by atomic mass is 35.5. The molecule has 4 rings (SSSR count). The van der Waals surface area contributed by atoms with Gasteiger partial charge in [-0.3, -0.25) is 4.98 Å². The summed E-state index contributed by atoms with van der Waals surface area (Å²) in [7, 11) is 0. The molecule has 6 nitrogen and oxygen atoms in total. The molecule has 1 aliphatic rings. The quantitative estimate of drug-likeness (QED) is 0.583. The fourth-order valence-corrected chi connectivity index (χ4v) is 3.98. The number of halogens is 1. The summed E-state index contributed by atoms with van der Waals surface area (Å²) in [5.41, 5.74) is 3.10. The molecule has 1 unspecified atom stereocenters. The van der Waals surface area contributed by atoms with Gasteiger partial charge in [0.1, 0.15) is 5.60 Å². The molecule has 3 aromatic rings. The standard InChI is InChI=1S/C22H25ClN4O2/c1-22(2,3)29-21(28)26-11-6-7-15(14-26)20-17(23)9-10-18(25-20)16-13-24-27-12-5-4-8-19(16)27/h4-5,8-10,12-13,15H,6-7,11,14H2,1-3H3. The Labute approximate surface area is 175 Å². The Balaban J connectivity index is 1.61. The van der Waals surface area contributed by atoms with Crippen LogP contribution in [0.1, 0.15) is 45.2 Å². The first-order valence-electron chi connectivity index (χ1n) is 9.89. The highest BCUT2D eigenvalue weighted by Crippen LogP contribution is 2.33. The summed E-state index contributed by atoms with van der Waals surface area (Å²) < 4.78 is 7.37. The number of hydrogen-bond acceptors (Lipinski definition) is 4. The minimum atomic E-state index is -0.511. The molecule has 0 N–H and O–H groups in total. The first kappa shape index (κ1) is 19.7. The van der Waals surface area contributed by atoms with Crippen LogP contribution < -0.4 is 0 Å². The maximum Gasteiger partial charge on any atom is 0.410 e. The molecule has 0 radical (unpaired) electrons. The zero-order valence-corrected chi connectivity index (χ0v) is 17.7. The number of rotatable bonds is 2. The van der Waals surface area contributed by atoms with E-state index in [0.29, 0.717) is 18.1 Å². The van der Waals surface area contributed by atoms with Gasteiger partial charge in [-0.15, -0.1) is 0 Å². The molecule has 1 fully saturated rings. The molecular formula is C22H25ClN4O2. The van der Waals surface area contributed by atoms with Gasteiger partial charge in [0.15, 0.2) is 0 Å². The molecule has 0 bridgehead atoms. The van der Waals surface area contributed by atoms with Crippen molar-refractivity contribution in [3.05, 3.63) is 53.4 Å². The van der Waals surface area contributed by atoms with Gasteiger partial charge in [-0.2, -0.15) is 5.10 Å². The molecule has 4 heterocycles. The van der Waals surface area contributed by atoms with E-state index in [1.165, 1.54) is 0 Å². The van der Waals surface area contributed by atoms with Gasteiger partial charge in [-0.05, 0) is 57.9 Å². The average Bonchev–Trinajstić information content (AvgIpc) is 3.11. The summed E-state index contributed by atoms with van der Waals surface area (Å²) >= 11 is 6.52. The summed E-state index contributed by atoms with van der Waals surface area (Å²) in [6.45, 7) is 6.88. The first-order chi connectivity index (χ1) is 13.8. The van der Waals surface area contributed by atoms with Gasteiger partial charge in [-0.25, -0.2) is 9.31 Å². The van der Waals surface area contributed by atoms with Crippen LogP contribution >= 0.6 is 11.6 Å². The van der Waals surface area contributed by atoms with Crippen molar-refractivity contribution in [2.75, 3.05) is 13.1 Å². The molecule has 1 atom stereocenters. The van der Waals surface area contributed by atoms with Crippen LogP contribution in [0.15, 0.2) is 42.7 Å². The van der Waals surface area contributed by atoms with Crippen molar-refractivity contribution >= 4 is 23.2 Å². The lowest BCUT2D eigenvalue weighted by Crippen LogP contribution is -2.42. The zero-order valence-electron chi connectivity index (χ0n) is 16.9. The van der Waals surface area contributed by atoms with Crippen LogP contribution in [0.4, 0.5) is 4.79 Å². The van der Waals surface area contributed by atoms with Gasteiger partial charge in [0, 0.05) is 30.8 Å². The van der Waals surface area contributed by atoms with Gasteiger partial charge in [0.05, 0.1) is 28.1 Å². The van der Waals surface area contributed by atoms with Crippen molar-refractivity contribution in [2.45, 2.75) is 45.1 Å². The maximum absolute atomic E-state index is 12.5. The molecular weight excluding hydrogens is 388 g/mol. The van der Waals surface area contributed by atoms with Gasteiger partial charge in [0.25, 0.3) is 0 Å². The van der Waals surface area contributed by atoms with Crippen molar-refractivity contribution in [3.8, 4) is 11.3 Å². The van der Waals surface area contributed by atoms with Crippen molar-refractivity contribution in [2.24, 2.45) is 0 Å². The van der Waals surface area contributed by atoms with E-state index in [9.17, 15) is 4.79 Å². The molecule has 29 heavy (non-hydrogen) atoms. The Morgan fingerprint density at radius 3 is 2.86 bits per heavy atom. The third kappa shape index (κ3) is 4.22. The number of likely N-dealkylation sites (tertiary alicyclic amines) is 1. The van der Waals surface area contributed by atoms with Crippen LogP contribution in [0.5, 0.6) is 0 Å². The molecule has 1 aliphatic heterocycles. The van der Waals surface area contributed by atoms with E-state index in [1.807, 2.05) is 68.0 Å². The van der Waals surface area contributed by atoms with Crippen molar-refractivity contribution in [3.63, 3.8) is 0 Å². The summed E-state index contributed by atoms with van der Waals surface area (Å²) in [6.07, 6.45) is 5.28. The smallest absolute Gasteiger partial charge is 0.410 e. The van der Waals surface area contributed by atoms with Crippen LogP contribution in [-0.4, -0.2) is 44.3 Å². The predicted octanol–water partition coefficient (Wildman–Crippen LogP) is 5.16. The first-order valence-corrected chi connectivity index (χ1v) is 10.3. The minimum absolute atomic E-state index is 0.0746. The molecule has 7 heteroatoms. The van der Waals surface area contributed by atoms with Gasteiger partial charge >= 0.3 is 6.09 Å². The second-order valence-electron chi connectivity index (χ2n) is 8.42. The number of piperidine rings is 1. The van der Waals surface area contributed by atoms with Crippen LogP contribution in [-0.2, 0) is 4.74 Å². The highest BCUT2D eigenvalue weighted by molar-refractivity contribution is 6.31. The van der Waals surface area contributed by atoms with Crippen LogP contribution in [0.2, 0.25) is 5.02 Å². The summed E-state index contributed by atoms with van der Waals surface area (Å²) in [5.74, 6) is 0.0746. The Bertz CT molecular complexity index is 1040. The third-order valence-electron chi connectivity index (χ3n) is 5.04.